The molecule has 2 aromatic heterocycles. The third-order valence-corrected chi connectivity index (χ3v) is 4.72. The standard InChI is InChI=1S/C15H19N3OS/c19-15(10-14-4-2-8-20-14)18-7-1-3-12(11-18)9-13-5-6-16-17-13/h2,4-6,8,12H,1,3,7,9-11H2,(H,16,17)/t12-/m0/s1. The van der Waals surface area contributed by atoms with Gasteiger partial charge in [0.15, 0.2) is 0 Å². The second-order valence-electron chi connectivity index (χ2n) is 5.39. The molecule has 1 amide bonds. The van der Waals surface area contributed by atoms with Crippen LogP contribution in [0, 0.1) is 5.92 Å². The number of thiophene rings is 1. The van der Waals surface area contributed by atoms with Crippen LogP contribution in [-0.2, 0) is 17.6 Å². The predicted octanol–water partition coefficient (Wildman–Crippen LogP) is 2.50. The first kappa shape index (κ1) is 13.4. The lowest BCUT2D eigenvalue weighted by molar-refractivity contribution is -0.132. The van der Waals surface area contributed by atoms with Gasteiger partial charge in [-0.25, -0.2) is 0 Å². The predicted molar refractivity (Wildman–Crippen MR) is 79.6 cm³/mol. The maximum absolute atomic E-state index is 12.3. The third-order valence-electron chi connectivity index (χ3n) is 3.84. The number of likely N-dealkylation sites (tertiary alicyclic amines) is 1. The zero-order valence-corrected chi connectivity index (χ0v) is 12.2. The molecule has 1 saturated heterocycles. The van der Waals surface area contributed by atoms with E-state index in [1.165, 1.54) is 12.1 Å². The number of nitrogens with one attached hydrogen (secondary N) is 1. The molecule has 1 aliphatic heterocycles. The van der Waals surface area contributed by atoms with Crippen molar-refractivity contribution in [2.45, 2.75) is 25.7 Å². The van der Waals surface area contributed by atoms with E-state index in [1.807, 2.05) is 28.5 Å². The van der Waals surface area contributed by atoms with E-state index >= 15 is 0 Å². The summed E-state index contributed by atoms with van der Waals surface area (Å²) < 4.78 is 0. The van der Waals surface area contributed by atoms with E-state index in [0.717, 1.165) is 30.8 Å². The van der Waals surface area contributed by atoms with Gasteiger partial charge in [0, 0.05) is 29.9 Å². The fourth-order valence-corrected chi connectivity index (χ4v) is 3.54. The molecule has 2 aromatic rings. The molecular formula is C15H19N3OS. The number of nitrogens with zero attached hydrogens (tertiary/aromatic N) is 2. The molecule has 1 atom stereocenters. The van der Waals surface area contributed by atoms with Crippen LogP contribution < -0.4 is 0 Å². The largest absolute Gasteiger partial charge is 0.342 e. The highest BCUT2D eigenvalue weighted by Gasteiger charge is 2.24. The fourth-order valence-electron chi connectivity index (χ4n) is 2.84. The average Bonchev–Trinajstić information content (AvgIpc) is 3.12. The Morgan fingerprint density at radius 1 is 1.50 bits per heavy atom. The van der Waals surface area contributed by atoms with Gasteiger partial charge in [0.2, 0.25) is 5.91 Å². The summed E-state index contributed by atoms with van der Waals surface area (Å²) in [6.07, 6.45) is 5.63. The van der Waals surface area contributed by atoms with E-state index < -0.39 is 0 Å². The van der Waals surface area contributed by atoms with E-state index in [4.69, 9.17) is 0 Å². The molecule has 3 rings (SSSR count). The number of aromatic amines is 1. The van der Waals surface area contributed by atoms with Crippen molar-refractivity contribution in [1.29, 1.82) is 0 Å². The van der Waals surface area contributed by atoms with Gasteiger partial charge in [0.1, 0.15) is 0 Å². The fraction of sp³-hybridized carbons (Fsp3) is 0.467. The summed E-state index contributed by atoms with van der Waals surface area (Å²) in [5.41, 5.74) is 1.17. The molecule has 106 valence electrons. The van der Waals surface area contributed by atoms with Crippen LogP contribution in [0.3, 0.4) is 0 Å². The number of amides is 1. The number of hydrogen-bond acceptors (Lipinski definition) is 3. The zero-order valence-electron chi connectivity index (χ0n) is 11.4. The Bertz CT molecular complexity index is 535. The molecule has 1 N–H and O–H groups in total. The number of H-pyrrole nitrogens is 1. The van der Waals surface area contributed by atoms with E-state index in [-0.39, 0.29) is 5.91 Å². The van der Waals surface area contributed by atoms with Crippen LogP contribution in [0.25, 0.3) is 0 Å². The summed E-state index contributed by atoms with van der Waals surface area (Å²) in [5.74, 6) is 0.818. The molecule has 0 bridgehead atoms. The summed E-state index contributed by atoms with van der Waals surface area (Å²) in [5, 5.41) is 9.03. The van der Waals surface area contributed by atoms with Crippen molar-refractivity contribution in [1.82, 2.24) is 15.1 Å². The maximum atomic E-state index is 12.3. The minimum Gasteiger partial charge on any atom is -0.342 e. The quantitative estimate of drug-likeness (QED) is 0.940. The van der Waals surface area contributed by atoms with Crippen molar-refractivity contribution in [3.8, 4) is 0 Å². The summed E-state index contributed by atoms with van der Waals surface area (Å²) in [4.78, 5) is 15.5. The molecule has 4 nitrogen and oxygen atoms in total. The van der Waals surface area contributed by atoms with Crippen LogP contribution in [0.4, 0.5) is 0 Å². The minimum atomic E-state index is 0.266. The molecule has 0 saturated carbocycles. The van der Waals surface area contributed by atoms with Crippen molar-refractivity contribution in [3.05, 3.63) is 40.3 Å². The van der Waals surface area contributed by atoms with Gasteiger partial charge >= 0.3 is 0 Å². The Kier molecular flexibility index (Phi) is 4.16. The normalized spacial score (nSPS) is 19.2. The number of carbonyl (C=O) groups excluding carboxylic acids is 1. The highest BCUT2D eigenvalue weighted by Crippen LogP contribution is 2.21. The number of aromatic nitrogens is 2. The molecule has 20 heavy (non-hydrogen) atoms. The van der Waals surface area contributed by atoms with Crippen LogP contribution in [0.2, 0.25) is 0 Å². The number of hydrogen-bond donors (Lipinski definition) is 1. The molecule has 1 aliphatic rings. The Morgan fingerprint density at radius 2 is 2.45 bits per heavy atom. The Labute approximate surface area is 122 Å². The smallest absolute Gasteiger partial charge is 0.227 e. The topological polar surface area (TPSA) is 49.0 Å². The first-order valence-corrected chi connectivity index (χ1v) is 7.97. The molecular weight excluding hydrogens is 270 g/mol. The lowest BCUT2D eigenvalue weighted by Gasteiger charge is -2.32. The SMILES string of the molecule is O=C(Cc1cccs1)N1CCC[C@@H](Cc2ccn[nH]2)C1. The lowest BCUT2D eigenvalue weighted by atomic mass is 9.93. The number of piperidine rings is 1. The maximum Gasteiger partial charge on any atom is 0.227 e. The second-order valence-corrected chi connectivity index (χ2v) is 6.42. The summed E-state index contributed by atoms with van der Waals surface area (Å²) in [6, 6.07) is 6.06. The van der Waals surface area contributed by atoms with Crippen molar-refractivity contribution >= 4 is 17.2 Å². The molecule has 0 aliphatic carbocycles. The summed E-state index contributed by atoms with van der Waals surface area (Å²) in [6.45, 7) is 1.78. The van der Waals surface area contributed by atoms with Gasteiger partial charge in [0.05, 0.1) is 6.42 Å². The van der Waals surface area contributed by atoms with Gasteiger partial charge in [-0.2, -0.15) is 5.10 Å². The lowest BCUT2D eigenvalue weighted by Crippen LogP contribution is -2.41. The summed E-state index contributed by atoms with van der Waals surface area (Å²) >= 11 is 1.66. The van der Waals surface area contributed by atoms with Gasteiger partial charge < -0.3 is 4.90 Å². The van der Waals surface area contributed by atoms with Gasteiger partial charge in [-0.3, -0.25) is 9.89 Å². The van der Waals surface area contributed by atoms with E-state index in [2.05, 4.69) is 10.2 Å². The van der Waals surface area contributed by atoms with Crippen molar-refractivity contribution in [2.75, 3.05) is 13.1 Å². The van der Waals surface area contributed by atoms with Gasteiger partial charge in [0.25, 0.3) is 0 Å². The molecule has 0 radical (unpaired) electrons. The Balaban J connectivity index is 1.56. The van der Waals surface area contributed by atoms with Crippen LogP contribution in [0.15, 0.2) is 29.8 Å². The zero-order chi connectivity index (χ0) is 13.8. The number of carbonyl (C=O) groups is 1. The number of rotatable bonds is 4. The molecule has 0 aromatic carbocycles. The molecule has 1 fully saturated rings. The monoisotopic (exact) mass is 289 g/mol. The van der Waals surface area contributed by atoms with Crippen molar-refractivity contribution in [2.24, 2.45) is 5.92 Å². The van der Waals surface area contributed by atoms with Crippen LogP contribution in [0.1, 0.15) is 23.4 Å². The highest BCUT2D eigenvalue weighted by molar-refractivity contribution is 7.10. The molecule has 5 heteroatoms. The van der Waals surface area contributed by atoms with E-state index in [0.29, 0.717) is 12.3 Å². The van der Waals surface area contributed by atoms with Gasteiger partial charge in [-0.1, -0.05) is 6.07 Å². The van der Waals surface area contributed by atoms with Gasteiger partial charge in [-0.05, 0) is 42.7 Å². The van der Waals surface area contributed by atoms with Crippen LogP contribution in [-0.4, -0.2) is 34.1 Å². The molecule has 0 unspecified atom stereocenters. The van der Waals surface area contributed by atoms with Crippen molar-refractivity contribution < 1.29 is 4.79 Å². The first-order chi connectivity index (χ1) is 9.81. The first-order valence-electron chi connectivity index (χ1n) is 7.09. The molecule has 3 heterocycles. The van der Waals surface area contributed by atoms with Gasteiger partial charge in [-0.15, -0.1) is 11.3 Å². The van der Waals surface area contributed by atoms with E-state index in [9.17, 15) is 4.79 Å². The average molecular weight is 289 g/mol. The van der Waals surface area contributed by atoms with Crippen LogP contribution in [0.5, 0.6) is 0 Å². The van der Waals surface area contributed by atoms with Crippen molar-refractivity contribution in [3.63, 3.8) is 0 Å². The van der Waals surface area contributed by atoms with E-state index in [1.54, 1.807) is 17.5 Å². The molecule has 0 spiro atoms. The van der Waals surface area contributed by atoms with Crippen LogP contribution >= 0.6 is 11.3 Å². The second kappa shape index (κ2) is 6.22. The highest BCUT2D eigenvalue weighted by atomic mass is 32.1. The Morgan fingerprint density at radius 3 is 3.20 bits per heavy atom. The Hall–Kier alpha value is -1.62. The summed E-state index contributed by atoms with van der Waals surface area (Å²) in [7, 11) is 0. The third kappa shape index (κ3) is 3.28. The minimum absolute atomic E-state index is 0.266.